The van der Waals surface area contributed by atoms with Crippen LogP contribution in [0.1, 0.15) is 24.8 Å². The Bertz CT molecular complexity index is 685. The molecule has 0 bridgehead atoms. The van der Waals surface area contributed by atoms with Crippen molar-refractivity contribution in [1.82, 2.24) is 0 Å². The average molecular weight is 351 g/mol. The summed E-state index contributed by atoms with van der Waals surface area (Å²) in [6.45, 7) is 2.50. The molecule has 1 saturated heterocycles. The van der Waals surface area contributed by atoms with E-state index in [1.807, 2.05) is 30.3 Å². The molecule has 1 fully saturated rings. The average Bonchev–Trinajstić information content (AvgIpc) is 2.55. The summed E-state index contributed by atoms with van der Waals surface area (Å²) in [7, 11) is 0. The molecule has 5 heteroatoms. The van der Waals surface area contributed by atoms with Gasteiger partial charge in [0.1, 0.15) is 12.4 Å². The lowest BCUT2D eigenvalue weighted by atomic mass is 10.1. The maximum atomic E-state index is 6.22. The van der Waals surface area contributed by atoms with Gasteiger partial charge in [0.05, 0.1) is 5.69 Å². The molecule has 1 heterocycles. The molecule has 1 aliphatic rings. The number of nitrogen functional groups attached to an aromatic ring is 1. The summed E-state index contributed by atoms with van der Waals surface area (Å²) in [6, 6.07) is 11.3. The lowest BCUT2D eigenvalue weighted by Gasteiger charge is -2.30. The first-order chi connectivity index (χ1) is 11.1. The smallest absolute Gasteiger partial charge is 0.145 e. The van der Waals surface area contributed by atoms with Crippen LogP contribution in [0.3, 0.4) is 0 Å². The van der Waals surface area contributed by atoms with Crippen molar-refractivity contribution in [1.29, 1.82) is 0 Å². The first-order valence-electron chi connectivity index (χ1n) is 7.85. The fourth-order valence-corrected chi connectivity index (χ4v) is 3.30. The SMILES string of the molecule is Nc1ccc(N2CCCCC2)c(OCc2ccc(Cl)cc2Cl)c1. The quantitative estimate of drug-likeness (QED) is 0.775. The first kappa shape index (κ1) is 16.3. The molecule has 3 rings (SSSR count). The van der Waals surface area contributed by atoms with Crippen molar-refractivity contribution in [3.8, 4) is 5.75 Å². The standard InChI is InChI=1S/C18H20Cl2N2O/c19-14-5-4-13(16(20)10-14)12-23-18-11-15(21)6-7-17(18)22-8-2-1-3-9-22/h4-7,10-11H,1-3,8-9,12,21H2. The second-order valence-electron chi connectivity index (χ2n) is 5.80. The van der Waals surface area contributed by atoms with Crippen LogP contribution in [0.25, 0.3) is 0 Å². The summed E-state index contributed by atoms with van der Waals surface area (Å²) < 4.78 is 6.03. The lowest BCUT2D eigenvalue weighted by Crippen LogP contribution is -2.29. The molecule has 0 unspecified atom stereocenters. The van der Waals surface area contributed by atoms with Crippen LogP contribution in [0.2, 0.25) is 10.0 Å². The number of hydrogen-bond acceptors (Lipinski definition) is 3. The fraction of sp³-hybridized carbons (Fsp3) is 0.333. The molecule has 1 aliphatic heterocycles. The normalized spacial score (nSPS) is 14.8. The Labute approximate surface area is 146 Å². The van der Waals surface area contributed by atoms with Gasteiger partial charge in [-0.05, 0) is 43.5 Å². The molecule has 0 atom stereocenters. The number of halogens is 2. The van der Waals surface area contributed by atoms with Crippen LogP contribution >= 0.6 is 23.2 Å². The van der Waals surface area contributed by atoms with E-state index in [0.717, 1.165) is 30.1 Å². The summed E-state index contributed by atoms with van der Waals surface area (Å²) in [5, 5.41) is 1.23. The highest BCUT2D eigenvalue weighted by atomic mass is 35.5. The van der Waals surface area contributed by atoms with Crippen LogP contribution in [0.5, 0.6) is 5.75 Å². The number of hydrogen-bond donors (Lipinski definition) is 1. The number of anilines is 2. The van der Waals surface area contributed by atoms with Crippen molar-refractivity contribution in [2.45, 2.75) is 25.9 Å². The summed E-state index contributed by atoms with van der Waals surface area (Å²) in [5.74, 6) is 0.804. The predicted octanol–water partition coefficient (Wildman–Crippen LogP) is 5.14. The van der Waals surface area contributed by atoms with Crippen LogP contribution in [0, 0.1) is 0 Å². The Morgan fingerprint density at radius 2 is 1.78 bits per heavy atom. The van der Waals surface area contributed by atoms with Gasteiger partial charge in [-0.3, -0.25) is 0 Å². The van der Waals surface area contributed by atoms with Crippen molar-refractivity contribution in [2.24, 2.45) is 0 Å². The molecule has 2 N–H and O–H groups in total. The molecule has 0 aromatic heterocycles. The molecular formula is C18H20Cl2N2O. The summed E-state index contributed by atoms with van der Waals surface area (Å²) in [6.07, 6.45) is 3.72. The minimum Gasteiger partial charge on any atom is -0.487 e. The van der Waals surface area contributed by atoms with E-state index in [4.69, 9.17) is 33.7 Å². The zero-order chi connectivity index (χ0) is 16.2. The van der Waals surface area contributed by atoms with Crippen molar-refractivity contribution in [3.63, 3.8) is 0 Å². The number of rotatable bonds is 4. The monoisotopic (exact) mass is 350 g/mol. The van der Waals surface area contributed by atoms with Gasteiger partial charge in [-0.15, -0.1) is 0 Å². The molecule has 0 amide bonds. The Balaban J connectivity index is 1.79. The van der Waals surface area contributed by atoms with Gasteiger partial charge < -0.3 is 15.4 Å². The van der Waals surface area contributed by atoms with Crippen molar-refractivity contribution in [3.05, 3.63) is 52.0 Å². The molecule has 3 nitrogen and oxygen atoms in total. The highest BCUT2D eigenvalue weighted by Crippen LogP contribution is 2.33. The third-order valence-electron chi connectivity index (χ3n) is 4.08. The number of ether oxygens (including phenoxy) is 1. The number of nitrogens with zero attached hydrogens (tertiary/aromatic N) is 1. The third-order valence-corrected chi connectivity index (χ3v) is 4.67. The van der Waals surface area contributed by atoms with Gasteiger partial charge in [0.15, 0.2) is 0 Å². The van der Waals surface area contributed by atoms with Crippen LogP contribution in [0.15, 0.2) is 36.4 Å². The van der Waals surface area contributed by atoms with E-state index in [1.54, 1.807) is 6.07 Å². The molecule has 2 aromatic carbocycles. The Kier molecular flexibility index (Phi) is 5.19. The Morgan fingerprint density at radius 3 is 2.52 bits per heavy atom. The van der Waals surface area contributed by atoms with E-state index in [-0.39, 0.29) is 0 Å². The van der Waals surface area contributed by atoms with Crippen molar-refractivity contribution in [2.75, 3.05) is 23.7 Å². The van der Waals surface area contributed by atoms with Crippen LogP contribution in [0.4, 0.5) is 11.4 Å². The number of nitrogens with two attached hydrogens (primary N) is 1. The summed E-state index contributed by atoms with van der Waals surface area (Å²) in [4.78, 5) is 2.36. The molecular weight excluding hydrogens is 331 g/mol. The zero-order valence-corrected chi connectivity index (χ0v) is 14.4. The van der Waals surface area contributed by atoms with E-state index < -0.39 is 0 Å². The van der Waals surface area contributed by atoms with Crippen LogP contribution < -0.4 is 15.4 Å². The summed E-state index contributed by atoms with van der Waals surface area (Å²) in [5.41, 5.74) is 8.64. The van der Waals surface area contributed by atoms with Crippen molar-refractivity contribution >= 4 is 34.6 Å². The van der Waals surface area contributed by atoms with E-state index in [0.29, 0.717) is 22.3 Å². The van der Waals surface area contributed by atoms with Gasteiger partial charge >= 0.3 is 0 Å². The second-order valence-corrected chi connectivity index (χ2v) is 6.64. The minimum absolute atomic E-state index is 0.389. The van der Waals surface area contributed by atoms with Gasteiger partial charge in [0.2, 0.25) is 0 Å². The molecule has 0 saturated carbocycles. The third kappa shape index (κ3) is 4.04. The largest absolute Gasteiger partial charge is 0.487 e. The molecule has 0 spiro atoms. The topological polar surface area (TPSA) is 38.5 Å². The summed E-state index contributed by atoms with van der Waals surface area (Å²) >= 11 is 12.1. The maximum absolute atomic E-state index is 6.22. The highest BCUT2D eigenvalue weighted by Gasteiger charge is 2.16. The number of piperidine rings is 1. The van der Waals surface area contributed by atoms with E-state index in [1.165, 1.54) is 19.3 Å². The Hall–Kier alpha value is -1.58. The molecule has 122 valence electrons. The first-order valence-corrected chi connectivity index (χ1v) is 8.60. The van der Waals surface area contributed by atoms with E-state index in [9.17, 15) is 0 Å². The van der Waals surface area contributed by atoms with Crippen LogP contribution in [-0.2, 0) is 6.61 Å². The van der Waals surface area contributed by atoms with Gasteiger partial charge in [0.25, 0.3) is 0 Å². The minimum atomic E-state index is 0.389. The highest BCUT2D eigenvalue weighted by molar-refractivity contribution is 6.35. The fourth-order valence-electron chi connectivity index (χ4n) is 2.84. The molecule has 23 heavy (non-hydrogen) atoms. The molecule has 0 aliphatic carbocycles. The van der Waals surface area contributed by atoms with E-state index in [2.05, 4.69) is 4.90 Å². The second kappa shape index (κ2) is 7.33. The van der Waals surface area contributed by atoms with E-state index >= 15 is 0 Å². The molecule has 2 aromatic rings. The Morgan fingerprint density at radius 1 is 1.00 bits per heavy atom. The van der Waals surface area contributed by atoms with Crippen LogP contribution in [-0.4, -0.2) is 13.1 Å². The van der Waals surface area contributed by atoms with Gasteiger partial charge in [-0.2, -0.15) is 0 Å². The van der Waals surface area contributed by atoms with Gasteiger partial charge in [-0.25, -0.2) is 0 Å². The van der Waals surface area contributed by atoms with Gasteiger partial charge in [0, 0.05) is 40.5 Å². The molecule has 0 radical (unpaired) electrons. The predicted molar refractivity (Wildman–Crippen MR) is 97.7 cm³/mol. The van der Waals surface area contributed by atoms with Gasteiger partial charge in [-0.1, -0.05) is 29.3 Å². The number of benzene rings is 2. The maximum Gasteiger partial charge on any atom is 0.145 e. The van der Waals surface area contributed by atoms with Crippen molar-refractivity contribution < 1.29 is 4.74 Å². The lowest BCUT2D eigenvalue weighted by molar-refractivity contribution is 0.306. The zero-order valence-electron chi connectivity index (χ0n) is 12.9.